The van der Waals surface area contributed by atoms with Crippen LogP contribution in [0.5, 0.6) is 0 Å². The summed E-state index contributed by atoms with van der Waals surface area (Å²) in [7, 11) is 0. The molecule has 0 saturated carbocycles. The van der Waals surface area contributed by atoms with Gasteiger partial charge in [0.1, 0.15) is 5.70 Å². The third-order valence-electron chi connectivity index (χ3n) is 2.81. The van der Waals surface area contributed by atoms with Crippen LogP contribution < -0.4 is 5.11 Å². The Morgan fingerprint density at radius 3 is 2.24 bits per heavy atom. The lowest BCUT2D eigenvalue weighted by molar-refractivity contribution is -0.245. The molecule has 0 fully saturated rings. The number of halogens is 3. The zero-order valence-corrected chi connectivity index (χ0v) is 13.0. The number of nitrogens with zero attached hydrogens (tertiary/aromatic N) is 2. The largest absolute Gasteiger partial charge is 0.870 e. The number of thiophene rings is 1. The van der Waals surface area contributed by atoms with Crippen molar-refractivity contribution in [2.45, 2.75) is 6.18 Å². The molecule has 0 aliphatic carbocycles. The van der Waals surface area contributed by atoms with Gasteiger partial charge >= 0.3 is 12.1 Å². The Morgan fingerprint density at radius 2 is 1.76 bits per heavy atom. The normalized spacial score (nSPS) is 12.9. The molecule has 0 unspecified atom stereocenters. The molecule has 1 aromatic carbocycles. The summed E-state index contributed by atoms with van der Waals surface area (Å²) in [5.41, 5.74) is -1.45. The molecule has 10 heteroatoms. The van der Waals surface area contributed by atoms with Gasteiger partial charge in [-0.15, -0.1) is 16.5 Å². The van der Waals surface area contributed by atoms with Gasteiger partial charge in [-0.2, -0.15) is 18.3 Å². The Labute approximate surface area is 142 Å². The van der Waals surface area contributed by atoms with Crippen LogP contribution in [0.2, 0.25) is 0 Å². The van der Waals surface area contributed by atoms with Gasteiger partial charge in [-0.3, -0.25) is 4.79 Å². The van der Waals surface area contributed by atoms with Crippen LogP contribution in [0.3, 0.4) is 0 Å². The zero-order valence-electron chi connectivity index (χ0n) is 12.1. The number of allylic oxidation sites excluding steroid dienone is 1. The number of aromatic carboxylic acids is 1. The van der Waals surface area contributed by atoms with Crippen LogP contribution in [0.15, 0.2) is 57.7 Å². The minimum Gasteiger partial charge on any atom is -0.870 e. The highest BCUT2D eigenvalue weighted by molar-refractivity contribution is 7.11. The maximum absolute atomic E-state index is 12.7. The van der Waals surface area contributed by atoms with Gasteiger partial charge in [-0.05, 0) is 35.7 Å². The van der Waals surface area contributed by atoms with E-state index in [9.17, 15) is 27.9 Å². The van der Waals surface area contributed by atoms with Gasteiger partial charge < -0.3 is 10.2 Å². The number of rotatable bonds is 5. The maximum Gasteiger partial charge on any atom is 0.456 e. The Balaban J connectivity index is 2.41. The lowest BCUT2D eigenvalue weighted by Crippen LogP contribution is -2.26. The fourth-order valence-electron chi connectivity index (χ4n) is 1.63. The van der Waals surface area contributed by atoms with Gasteiger partial charge in [0, 0.05) is 4.88 Å². The Morgan fingerprint density at radius 1 is 1.12 bits per heavy atom. The average molecular weight is 369 g/mol. The summed E-state index contributed by atoms with van der Waals surface area (Å²) >= 11 is 0.857. The van der Waals surface area contributed by atoms with E-state index in [1.807, 2.05) is 0 Å². The van der Waals surface area contributed by atoms with Crippen LogP contribution in [0.1, 0.15) is 15.2 Å². The fourth-order valence-corrected chi connectivity index (χ4v) is 2.30. The van der Waals surface area contributed by atoms with E-state index >= 15 is 0 Å². The number of ketones is 1. The summed E-state index contributed by atoms with van der Waals surface area (Å²) in [6.07, 6.45) is -5.28. The van der Waals surface area contributed by atoms with Crippen molar-refractivity contribution in [3.8, 4) is 0 Å². The number of benzene rings is 1. The van der Waals surface area contributed by atoms with Crippen molar-refractivity contribution in [1.82, 2.24) is 0 Å². The van der Waals surface area contributed by atoms with Gasteiger partial charge in [0.05, 0.1) is 11.3 Å². The number of carboxylic acid groups (broad SMARTS) is 1. The molecule has 2 aromatic rings. The first kappa shape index (κ1) is 18.3. The average Bonchev–Trinajstić information content (AvgIpc) is 3.08. The summed E-state index contributed by atoms with van der Waals surface area (Å²) in [6.45, 7) is 0. The van der Waals surface area contributed by atoms with E-state index in [1.165, 1.54) is 29.6 Å². The standard InChI is InChI=1S/C15H9F3N2O4S/c16-15(17,18)13(22)11(12(21)10-2-1-7-25-10)20-19-9-5-3-8(4-6-9)14(23)24/h1-7,21H,(H,23,24)/p-1/b12-11-,20-19?. The SMILES string of the molecule is O=C(O)c1ccc(N=N/C(C(=O)C(F)(F)F)=C(\[O-])c2cccs2)cc1. The quantitative estimate of drug-likeness (QED) is 0.496. The molecule has 2 rings (SSSR count). The number of hydrogen-bond donors (Lipinski definition) is 1. The Bertz CT molecular complexity index is 841. The number of hydrogen-bond acceptors (Lipinski definition) is 6. The number of azo groups is 1. The molecular formula is C15H8F3N2O4S-. The van der Waals surface area contributed by atoms with Crippen LogP contribution >= 0.6 is 11.3 Å². The molecule has 0 radical (unpaired) electrons. The molecule has 0 spiro atoms. The molecule has 0 bridgehead atoms. The highest BCUT2D eigenvalue weighted by atomic mass is 32.1. The molecule has 0 aliphatic rings. The molecule has 6 nitrogen and oxygen atoms in total. The van der Waals surface area contributed by atoms with Crippen LogP contribution in [-0.4, -0.2) is 23.0 Å². The molecule has 130 valence electrons. The predicted octanol–water partition coefficient (Wildman–Crippen LogP) is 3.39. The first-order valence-electron chi connectivity index (χ1n) is 6.52. The molecule has 1 aromatic heterocycles. The minimum absolute atomic E-state index is 0.0172. The second-order valence-electron chi connectivity index (χ2n) is 4.53. The number of carbonyl (C=O) groups excluding carboxylic acids is 1. The van der Waals surface area contributed by atoms with Crippen molar-refractivity contribution in [2.75, 3.05) is 0 Å². The molecular weight excluding hydrogens is 361 g/mol. The maximum atomic E-state index is 12.7. The van der Waals surface area contributed by atoms with Crippen LogP contribution in [0.25, 0.3) is 5.76 Å². The van der Waals surface area contributed by atoms with Gasteiger partial charge in [-0.1, -0.05) is 11.8 Å². The van der Waals surface area contributed by atoms with Crippen molar-refractivity contribution in [2.24, 2.45) is 10.2 Å². The van der Waals surface area contributed by atoms with Gasteiger partial charge in [-0.25, -0.2) is 4.79 Å². The van der Waals surface area contributed by atoms with Crippen LogP contribution in [0, 0.1) is 0 Å². The summed E-state index contributed by atoms with van der Waals surface area (Å²) in [6, 6.07) is 7.37. The molecule has 0 atom stereocenters. The summed E-state index contributed by atoms with van der Waals surface area (Å²) in [4.78, 5) is 22.1. The second-order valence-corrected chi connectivity index (χ2v) is 5.48. The van der Waals surface area contributed by atoms with Crippen LogP contribution in [-0.2, 0) is 4.79 Å². The number of Topliss-reactive ketones (excluding diaryl/α,β-unsaturated/α-hetero) is 1. The van der Waals surface area contributed by atoms with E-state index in [4.69, 9.17) is 5.11 Å². The highest BCUT2D eigenvalue weighted by Crippen LogP contribution is 2.28. The molecule has 1 N–H and O–H groups in total. The van der Waals surface area contributed by atoms with Gasteiger partial charge in [0.25, 0.3) is 5.78 Å². The van der Waals surface area contributed by atoms with E-state index in [1.54, 1.807) is 0 Å². The van der Waals surface area contributed by atoms with Gasteiger partial charge in [0.2, 0.25) is 0 Å². The minimum atomic E-state index is -5.28. The highest BCUT2D eigenvalue weighted by Gasteiger charge is 2.41. The van der Waals surface area contributed by atoms with Crippen molar-refractivity contribution in [3.63, 3.8) is 0 Å². The van der Waals surface area contributed by atoms with E-state index in [2.05, 4.69) is 10.2 Å². The molecule has 0 amide bonds. The zero-order chi connectivity index (χ0) is 18.6. The number of carbonyl (C=O) groups is 2. The fraction of sp³-hybridized carbons (Fsp3) is 0.0667. The summed E-state index contributed by atoms with van der Waals surface area (Å²) < 4.78 is 38.0. The van der Waals surface area contributed by atoms with E-state index < -0.39 is 29.4 Å². The summed E-state index contributed by atoms with van der Waals surface area (Å²) in [5.74, 6) is -4.80. The monoisotopic (exact) mass is 369 g/mol. The smallest absolute Gasteiger partial charge is 0.456 e. The third kappa shape index (κ3) is 4.51. The second kappa shape index (κ2) is 7.26. The first-order valence-corrected chi connectivity index (χ1v) is 7.40. The Hall–Kier alpha value is -3.01. The van der Waals surface area contributed by atoms with Crippen molar-refractivity contribution in [1.29, 1.82) is 0 Å². The lowest BCUT2D eigenvalue weighted by atomic mass is 10.2. The van der Waals surface area contributed by atoms with Gasteiger partial charge in [0.15, 0.2) is 0 Å². The van der Waals surface area contributed by atoms with Crippen molar-refractivity contribution >= 4 is 34.5 Å². The van der Waals surface area contributed by atoms with E-state index in [0.717, 1.165) is 23.5 Å². The Kier molecular flexibility index (Phi) is 5.32. The van der Waals surface area contributed by atoms with Crippen molar-refractivity contribution in [3.05, 3.63) is 57.9 Å². The van der Waals surface area contributed by atoms with E-state index in [-0.39, 0.29) is 16.1 Å². The predicted molar refractivity (Wildman–Crippen MR) is 80.2 cm³/mol. The number of carboxylic acids is 1. The third-order valence-corrected chi connectivity index (χ3v) is 3.68. The van der Waals surface area contributed by atoms with Crippen molar-refractivity contribution < 1.29 is 33.0 Å². The summed E-state index contributed by atoms with van der Waals surface area (Å²) in [5, 5.41) is 28.9. The topological polar surface area (TPSA) is 102 Å². The van der Waals surface area contributed by atoms with Crippen LogP contribution in [0.4, 0.5) is 18.9 Å². The first-order chi connectivity index (χ1) is 11.7. The molecule has 25 heavy (non-hydrogen) atoms. The molecule has 1 heterocycles. The molecule has 0 aliphatic heterocycles. The van der Waals surface area contributed by atoms with E-state index in [0.29, 0.717) is 0 Å². The molecule has 0 saturated heterocycles. The lowest BCUT2D eigenvalue weighted by Gasteiger charge is -2.14. The number of alkyl halides is 3.